The van der Waals surface area contributed by atoms with E-state index >= 15 is 0 Å². The van der Waals surface area contributed by atoms with Crippen LogP contribution in [0.1, 0.15) is 45.7 Å². The van der Waals surface area contributed by atoms with Crippen LogP contribution in [0.4, 0.5) is 5.69 Å². The summed E-state index contributed by atoms with van der Waals surface area (Å²) in [6, 6.07) is 9.89. The van der Waals surface area contributed by atoms with Crippen LogP contribution in [0.15, 0.2) is 24.3 Å². The Morgan fingerprint density at radius 3 is 2.12 bits per heavy atom. The van der Waals surface area contributed by atoms with E-state index in [-0.39, 0.29) is 0 Å². The Bertz CT molecular complexity index is 316. The Morgan fingerprint density at radius 1 is 1.12 bits per heavy atom. The van der Waals surface area contributed by atoms with Crippen molar-refractivity contribution >= 4 is 5.69 Å². The standard InChI is InChI=1S/C15H26N2/c1-6-11-17(12(2)3)15-9-7-14(8-10-15)13(4)16-5/h7-10,12-13,16H,6,11H2,1-5H3. The lowest BCUT2D eigenvalue weighted by Gasteiger charge is -2.29. The Labute approximate surface area is 106 Å². The number of anilines is 1. The molecule has 0 aliphatic heterocycles. The molecule has 1 atom stereocenters. The smallest absolute Gasteiger partial charge is 0.0368 e. The average Bonchev–Trinajstić information content (AvgIpc) is 2.35. The van der Waals surface area contributed by atoms with Crippen molar-refractivity contribution in [2.75, 3.05) is 18.5 Å². The van der Waals surface area contributed by atoms with Crippen LogP contribution >= 0.6 is 0 Å². The van der Waals surface area contributed by atoms with Gasteiger partial charge in [0.15, 0.2) is 0 Å². The van der Waals surface area contributed by atoms with Gasteiger partial charge in [-0.2, -0.15) is 0 Å². The molecule has 1 aromatic carbocycles. The summed E-state index contributed by atoms with van der Waals surface area (Å²) < 4.78 is 0. The second-order valence-electron chi connectivity index (χ2n) is 4.89. The number of hydrogen-bond acceptors (Lipinski definition) is 2. The molecule has 0 amide bonds. The highest BCUT2D eigenvalue weighted by atomic mass is 15.1. The van der Waals surface area contributed by atoms with Crippen LogP contribution in [0.5, 0.6) is 0 Å². The first-order valence-corrected chi connectivity index (χ1v) is 6.64. The Hall–Kier alpha value is -1.02. The van der Waals surface area contributed by atoms with Crippen LogP contribution in [0, 0.1) is 0 Å². The molecule has 0 heterocycles. The normalized spacial score (nSPS) is 12.8. The van der Waals surface area contributed by atoms with E-state index in [1.165, 1.54) is 17.7 Å². The van der Waals surface area contributed by atoms with Crippen molar-refractivity contribution in [3.8, 4) is 0 Å². The fourth-order valence-corrected chi connectivity index (χ4v) is 2.05. The highest BCUT2D eigenvalue weighted by molar-refractivity contribution is 5.48. The zero-order valence-corrected chi connectivity index (χ0v) is 11.8. The van der Waals surface area contributed by atoms with Gasteiger partial charge in [-0.1, -0.05) is 19.1 Å². The lowest BCUT2D eigenvalue weighted by atomic mass is 10.1. The third kappa shape index (κ3) is 3.74. The van der Waals surface area contributed by atoms with Gasteiger partial charge < -0.3 is 10.2 Å². The molecule has 1 rings (SSSR count). The predicted molar refractivity (Wildman–Crippen MR) is 76.7 cm³/mol. The Morgan fingerprint density at radius 2 is 1.71 bits per heavy atom. The van der Waals surface area contributed by atoms with E-state index in [9.17, 15) is 0 Å². The predicted octanol–water partition coefficient (Wildman–Crippen LogP) is 3.59. The molecule has 0 fully saturated rings. The summed E-state index contributed by atoms with van der Waals surface area (Å²) in [6.07, 6.45) is 1.19. The van der Waals surface area contributed by atoms with Crippen molar-refractivity contribution in [1.82, 2.24) is 5.32 Å². The van der Waals surface area contributed by atoms with Crippen LogP contribution in [-0.2, 0) is 0 Å². The van der Waals surface area contributed by atoms with E-state index in [4.69, 9.17) is 0 Å². The molecule has 17 heavy (non-hydrogen) atoms. The van der Waals surface area contributed by atoms with Gasteiger partial charge in [-0.05, 0) is 51.9 Å². The largest absolute Gasteiger partial charge is 0.369 e. The summed E-state index contributed by atoms with van der Waals surface area (Å²) in [5.74, 6) is 0. The molecule has 2 heteroatoms. The molecule has 1 unspecified atom stereocenters. The first-order valence-electron chi connectivity index (χ1n) is 6.64. The Kier molecular flexibility index (Phi) is 5.49. The van der Waals surface area contributed by atoms with E-state index < -0.39 is 0 Å². The van der Waals surface area contributed by atoms with Crippen LogP contribution in [0.2, 0.25) is 0 Å². The van der Waals surface area contributed by atoms with Gasteiger partial charge >= 0.3 is 0 Å². The first-order chi connectivity index (χ1) is 8.10. The van der Waals surface area contributed by atoms with Crippen LogP contribution in [0.25, 0.3) is 0 Å². The van der Waals surface area contributed by atoms with E-state index in [0.717, 1.165) is 6.54 Å². The number of nitrogens with zero attached hydrogens (tertiary/aromatic N) is 1. The lowest BCUT2D eigenvalue weighted by molar-refractivity contribution is 0.650. The summed E-state index contributed by atoms with van der Waals surface area (Å²) in [4.78, 5) is 2.45. The molecule has 0 saturated heterocycles. The minimum absolute atomic E-state index is 0.419. The molecular formula is C15H26N2. The van der Waals surface area contributed by atoms with Gasteiger partial charge in [0.25, 0.3) is 0 Å². The van der Waals surface area contributed by atoms with Crippen LogP contribution in [-0.4, -0.2) is 19.6 Å². The fraction of sp³-hybridized carbons (Fsp3) is 0.600. The van der Waals surface area contributed by atoms with Gasteiger partial charge in [-0.3, -0.25) is 0 Å². The molecule has 0 aromatic heterocycles. The molecule has 1 N–H and O–H groups in total. The summed E-state index contributed by atoms with van der Waals surface area (Å²) in [5, 5.41) is 3.26. The summed E-state index contributed by atoms with van der Waals surface area (Å²) >= 11 is 0. The second kappa shape index (κ2) is 6.65. The van der Waals surface area contributed by atoms with Gasteiger partial charge in [-0.25, -0.2) is 0 Å². The highest BCUT2D eigenvalue weighted by Gasteiger charge is 2.10. The maximum Gasteiger partial charge on any atom is 0.0368 e. The molecule has 1 aromatic rings. The van der Waals surface area contributed by atoms with Crippen molar-refractivity contribution in [3.05, 3.63) is 29.8 Å². The first kappa shape index (κ1) is 14.0. The monoisotopic (exact) mass is 234 g/mol. The van der Waals surface area contributed by atoms with Crippen LogP contribution in [0.3, 0.4) is 0 Å². The molecule has 0 aliphatic carbocycles. The minimum atomic E-state index is 0.419. The van der Waals surface area contributed by atoms with Gasteiger partial charge in [-0.15, -0.1) is 0 Å². The minimum Gasteiger partial charge on any atom is -0.369 e. The fourth-order valence-electron chi connectivity index (χ4n) is 2.05. The van der Waals surface area contributed by atoms with E-state index in [1.807, 2.05) is 7.05 Å². The van der Waals surface area contributed by atoms with Gasteiger partial charge in [0.05, 0.1) is 0 Å². The molecule has 0 radical (unpaired) electrons. The van der Waals surface area contributed by atoms with Crippen molar-refractivity contribution in [2.24, 2.45) is 0 Å². The van der Waals surface area contributed by atoms with Crippen molar-refractivity contribution < 1.29 is 0 Å². The molecule has 0 bridgehead atoms. The molecule has 2 nitrogen and oxygen atoms in total. The lowest BCUT2D eigenvalue weighted by Crippen LogP contribution is -2.31. The summed E-state index contributed by atoms with van der Waals surface area (Å²) in [7, 11) is 2.00. The number of benzene rings is 1. The molecular weight excluding hydrogens is 208 g/mol. The highest BCUT2D eigenvalue weighted by Crippen LogP contribution is 2.21. The van der Waals surface area contributed by atoms with Crippen molar-refractivity contribution in [1.29, 1.82) is 0 Å². The Balaban J connectivity index is 2.84. The number of hydrogen-bond donors (Lipinski definition) is 1. The van der Waals surface area contributed by atoms with Crippen LogP contribution < -0.4 is 10.2 Å². The quantitative estimate of drug-likeness (QED) is 0.809. The zero-order chi connectivity index (χ0) is 12.8. The molecule has 0 aliphatic rings. The van der Waals surface area contributed by atoms with Gasteiger partial charge in [0.1, 0.15) is 0 Å². The molecule has 0 saturated carbocycles. The number of nitrogens with one attached hydrogen (secondary N) is 1. The third-order valence-corrected chi connectivity index (χ3v) is 3.25. The summed E-state index contributed by atoms with van der Waals surface area (Å²) in [5.41, 5.74) is 2.67. The van der Waals surface area contributed by atoms with Gasteiger partial charge in [0, 0.05) is 24.3 Å². The van der Waals surface area contributed by atoms with E-state index in [0.29, 0.717) is 12.1 Å². The molecule has 96 valence electrons. The second-order valence-corrected chi connectivity index (χ2v) is 4.89. The maximum absolute atomic E-state index is 3.26. The van der Waals surface area contributed by atoms with E-state index in [2.05, 4.69) is 62.2 Å². The van der Waals surface area contributed by atoms with E-state index in [1.54, 1.807) is 0 Å². The molecule has 0 spiro atoms. The van der Waals surface area contributed by atoms with Gasteiger partial charge in [0.2, 0.25) is 0 Å². The average molecular weight is 234 g/mol. The maximum atomic E-state index is 3.26. The van der Waals surface area contributed by atoms with Crippen molar-refractivity contribution in [2.45, 2.75) is 46.2 Å². The number of rotatable bonds is 6. The SMILES string of the molecule is CCCN(c1ccc(C(C)NC)cc1)C(C)C. The topological polar surface area (TPSA) is 15.3 Å². The third-order valence-electron chi connectivity index (χ3n) is 3.25. The van der Waals surface area contributed by atoms with Crippen molar-refractivity contribution in [3.63, 3.8) is 0 Å². The zero-order valence-electron chi connectivity index (χ0n) is 11.8. The summed E-state index contributed by atoms with van der Waals surface area (Å²) in [6.45, 7) is 10.0.